The van der Waals surface area contributed by atoms with Crippen LogP contribution in [0.2, 0.25) is 0 Å². The summed E-state index contributed by atoms with van der Waals surface area (Å²) in [4.78, 5) is 40.4. The molecule has 0 aliphatic carbocycles. The van der Waals surface area contributed by atoms with Crippen LogP contribution in [0, 0.1) is 12.8 Å². The second-order valence-corrected chi connectivity index (χ2v) is 12.7. The lowest BCUT2D eigenvalue weighted by Gasteiger charge is -2.38. The van der Waals surface area contributed by atoms with Gasteiger partial charge in [0.15, 0.2) is 0 Å². The van der Waals surface area contributed by atoms with Crippen molar-refractivity contribution in [3.8, 4) is 0 Å². The molecule has 39 heavy (non-hydrogen) atoms. The number of pyridine rings is 1. The van der Waals surface area contributed by atoms with Gasteiger partial charge < -0.3 is 19.9 Å². The Morgan fingerprint density at radius 2 is 1.87 bits per heavy atom. The zero-order valence-corrected chi connectivity index (χ0v) is 23.8. The average Bonchev–Trinajstić information content (AvgIpc) is 3.33. The van der Waals surface area contributed by atoms with Crippen LogP contribution in [0.1, 0.15) is 72.3 Å². The minimum atomic E-state index is -0.616. The molecule has 3 fully saturated rings. The quantitative estimate of drug-likeness (QED) is 0.470. The van der Waals surface area contributed by atoms with Crippen LogP contribution in [0.15, 0.2) is 30.5 Å². The number of aromatic nitrogens is 2. The van der Waals surface area contributed by atoms with Crippen LogP contribution >= 0.6 is 11.3 Å². The van der Waals surface area contributed by atoms with Crippen LogP contribution in [-0.4, -0.2) is 71.5 Å². The van der Waals surface area contributed by atoms with E-state index in [2.05, 4.69) is 47.4 Å². The van der Waals surface area contributed by atoms with Crippen LogP contribution in [0.4, 0.5) is 5.69 Å². The van der Waals surface area contributed by atoms with Crippen LogP contribution in [-0.2, 0) is 14.3 Å². The molecule has 3 aromatic rings. The van der Waals surface area contributed by atoms with Gasteiger partial charge in [0, 0.05) is 24.1 Å². The fraction of sp³-hybridized carbons (Fsp3) is 0.533. The summed E-state index contributed by atoms with van der Waals surface area (Å²) in [6.07, 6.45) is 5.76. The molecule has 3 saturated heterocycles. The molecular weight excluding hydrogens is 510 g/mol. The van der Waals surface area contributed by atoms with E-state index in [0.29, 0.717) is 37.3 Å². The maximum atomic E-state index is 13.5. The Balaban J connectivity index is 1.20. The Morgan fingerprint density at radius 3 is 2.62 bits per heavy atom. The van der Waals surface area contributed by atoms with Crippen molar-refractivity contribution in [3.63, 3.8) is 0 Å². The molecule has 3 aliphatic heterocycles. The number of nitrogens with zero attached hydrogens (tertiary/aromatic N) is 4. The predicted octanol–water partition coefficient (Wildman–Crippen LogP) is 4.86. The first-order valence-electron chi connectivity index (χ1n) is 14.1. The van der Waals surface area contributed by atoms with Crippen molar-refractivity contribution >= 4 is 39.1 Å². The van der Waals surface area contributed by atoms with E-state index >= 15 is 0 Å². The van der Waals surface area contributed by atoms with E-state index in [4.69, 9.17) is 9.72 Å². The number of anilines is 1. The van der Waals surface area contributed by atoms with Crippen molar-refractivity contribution in [1.82, 2.24) is 19.8 Å². The number of ether oxygens (including phenoxy) is 1. The summed E-state index contributed by atoms with van der Waals surface area (Å²) in [7, 11) is 2.18. The second kappa shape index (κ2) is 10.9. The average molecular weight is 548 g/mol. The summed E-state index contributed by atoms with van der Waals surface area (Å²) in [6, 6.07) is 8.19. The zero-order chi connectivity index (χ0) is 27.1. The summed E-state index contributed by atoms with van der Waals surface area (Å²) in [5.41, 5.74) is 4.59. The van der Waals surface area contributed by atoms with Gasteiger partial charge in [-0.1, -0.05) is 13.0 Å². The molecule has 2 amide bonds. The molecule has 0 bridgehead atoms. The van der Waals surface area contributed by atoms with Gasteiger partial charge in [-0.05, 0) is 88.0 Å². The van der Waals surface area contributed by atoms with Gasteiger partial charge in [-0.25, -0.2) is 4.98 Å². The van der Waals surface area contributed by atoms with Crippen LogP contribution in [0.3, 0.4) is 0 Å². The van der Waals surface area contributed by atoms with E-state index in [0.717, 1.165) is 61.1 Å². The van der Waals surface area contributed by atoms with Crippen molar-refractivity contribution < 1.29 is 14.3 Å². The van der Waals surface area contributed by atoms with Gasteiger partial charge in [-0.2, -0.15) is 0 Å². The van der Waals surface area contributed by atoms with Gasteiger partial charge in [-0.3, -0.25) is 14.6 Å². The lowest BCUT2D eigenvalue weighted by molar-refractivity contribution is -0.146. The minimum absolute atomic E-state index is 0.142. The number of hydrogen-bond acceptors (Lipinski definition) is 7. The maximum Gasteiger partial charge on any atom is 0.313 e. The van der Waals surface area contributed by atoms with E-state index in [1.165, 1.54) is 9.71 Å². The fourth-order valence-electron chi connectivity index (χ4n) is 6.09. The summed E-state index contributed by atoms with van der Waals surface area (Å²) in [6.45, 7) is 8.21. The summed E-state index contributed by atoms with van der Waals surface area (Å²) in [5, 5.41) is 4.04. The first-order chi connectivity index (χ1) is 18.9. The number of nitrogens with one attached hydrogen (secondary N) is 1. The number of fused-ring (bicyclic) bond motifs is 1. The molecule has 1 aromatic carbocycles. The third kappa shape index (κ3) is 5.44. The predicted molar refractivity (Wildman–Crippen MR) is 153 cm³/mol. The Morgan fingerprint density at radius 1 is 1.08 bits per heavy atom. The molecule has 2 atom stereocenters. The van der Waals surface area contributed by atoms with E-state index in [1.54, 1.807) is 22.4 Å². The van der Waals surface area contributed by atoms with Crippen molar-refractivity contribution in [3.05, 3.63) is 52.3 Å². The van der Waals surface area contributed by atoms with E-state index in [1.807, 2.05) is 13.0 Å². The summed E-state index contributed by atoms with van der Waals surface area (Å²) in [5.74, 6) is 0.0371. The lowest BCUT2D eigenvalue weighted by atomic mass is 9.89. The molecule has 6 rings (SSSR count). The Hall–Kier alpha value is -2.88. The van der Waals surface area contributed by atoms with Gasteiger partial charge >= 0.3 is 11.8 Å². The van der Waals surface area contributed by atoms with E-state index in [9.17, 15) is 9.59 Å². The molecule has 1 unspecified atom stereocenters. The number of rotatable bonds is 4. The number of hydrogen-bond donors (Lipinski definition) is 1. The van der Waals surface area contributed by atoms with E-state index < -0.39 is 11.8 Å². The Kier molecular flexibility index (Phi) is 7.39. The number of likely N-dealkylation sites (tertiary alicyclic amines) is 2. The molecule has 5 heterocycles. The summed E-state index contributed by atoms with van der Waals surface area (Å²) >= 11 is 1.80. The molecule has 8 nitrogen and oxygen atoms in total. The van der Waals surface area contributed by atoms with Crippen molar-refractivity contribution in [2.75, 3.05) is 45.2 Å². The Labute approximate surface area is 233 Å². The molecule has 0 radical (unpaired) electrons. The monoisotopic (exact) mass is 547 g/mol. The molecule has 206 valence electrons. The molecule has 0 spiro atoms. The Bertz CT molecular complexity index is 1380. The van der Waals surface area contributed by atoms with Gasteiger partial charge in [0.05, 0.1) is 46.4 Å². The number of aryl methyl sites for hydroxylation is 1. The zero-order valence-electron chi connectivity index (χ0n) is 23.0. The number of amides is 2. The lowest BCUT2D eigenvalue weighted by Crippen LogP contribution is -2.46. The SMILES string of the molecule is Cc1ncc(NC(=O)C(=O)N2CC(C)CC[C@H]2c2ccc3sc(C4CCN(C)CC4)nc3c2)cc1C1COC1. The minimum Gasteiger partial charge on any atom is -0.380 e. The van der Waals surface area contributed by atoms with Gasteiger partial charge in [0.1, 0.15) is 0 Å². The highest BCUT2D eigenvalue weighted by molar-refractivity contribution is 7.18. The second-order valence-electron chi connectivity index (χ2n) is 11.6. The van der Waals surface area contributed by atoms with Gasteiger partial charge in [-0.15, -0.1) is 11.3 Å². The molecule has 1 N–H and O–H groups in total. The number of benzene rings is 1. The maximum absolute atomic E-state index is 13.5. The molecule has 0 saturated carbocycles. The summed E-state index contributed by atoms with van der Waals surface area (Å²) < 4.78 is 6.51. The van der Waals surface area contributed by atoms with Gasteiger partial charge in [0.2, 0.25) is 0 Å². The number of piperidine rings is 2. The highest BCUT2D eigenvalue weighted by atomic mass is 32.1. The highest BCUT2D eigenvalue weighted by Gasteiger charge is 2.35. The number of carbonyl (C=O) groups is 2. The van der Waals surface area contributed by atoms with Crippen molar-refractivity contribution in [1.29, 1.82) is 0 Å². The molecular formula is C30H37N5O3S. The van der Waals surface area contributed by atoms with Crippen molar-refractivity contribution in [2.24, 2.45) is 5.92 Å². The first-order valence-corrected chi connectivity index (χ1v) is 14.9. The number of thiazole rings is 1. The third-order valence-electron chi connectivity index (χ3n) is 8.62. The fourth-order valence-corrected chi connectivity index (χ4v) is 7.20. The largest absolute Gasteiger partial charge is 0.380 e. The topological polar surface area (TPSA) is 87.7 Å². The molecule has 3 aliphatic rings. The molecule has 2 aromatic heterocycles. The van der Waals surface area contributed by atoms with Gasteiger partial charge in [0.25, 0.3) is 0 Å². The number of carbonyl (C=O) groups excluding carboxylic acids is 2. The smallest absolute Gasteiger partial charge is 0.313 e. The van der Waals surface area contributed by atoms with Crippen LogP contribution < -0.4 is 5.32 Å². The third-order valence-corrected chi connectivity index (χ3v) is 9.81. The normalized spacial score (nSPS) is 23.1. The first kappa shape index (κ1) is 26.3. The highest BCUT2D eigenvalue weighted by Crippen LogP contribution is 2.38. The van der Waals surface area contributed by atoms with E-state index in [-0.39, 0.29) is 12.0 Å². The van der Waals surface area contributed by atoms with Crippen LogP contribution in [0.5, 0.6) is 0 Å². The van der Waals surface area contributed by atoms with Crippen molar-refractivity contribution in [2.45, 2.75) is 57.4 Å². The standard InChI is InChI=1S/C30H37N5O3S/c1-18-4-6-26(21-5-7-27-25(12-21)33-29(39-27)20-8-10-34(3)11-9-20)35(15-18)30(37)28(36)32-23-13-24(19(2)31-14-23)22-16-38-17-22/h5,7,12-14,18,20,22,26H,4,6,8-11,15-17H2,1-3H3,(H,32,36)/t18?,26-/m0/s1. The van der Waals surface area contributed by atoms with Crippen LogP contribution in [0.25, 0.3) is 10.2 Å². The molecule has 9 heteroatoms.